The molecule has 0 unspecified atom stereocenters. The molecular formula is C78H58N4O. The second-order valence-corrected chi connectivity index (χ2v) is 20.9. The number of pyridine rings is 1. The van der Waals surface area contributed by atoms with E-state index in [1.54, 1.807) is 36.5 Å². The van der Waals surface area contributed by atoms with Crippen LogP contribution in [-0.2, 0) is 5.41 Å². The van der Waals surface area contributed by atoms with Crippen molar-refractivity contribution in [2.24, 2.45) is 0 Å². The highest BCUT2D eigenvalue weighted by Gasteiger charge is 2.28. The van der Waals surface area contributed by atoms with Gasteiger partial charge in [-0.15, -0.1) is 0 Å². The van der Waals surface area contributed by atoms with Gasteiger partial charge in [-0.1, -0.05) is 196 Å². The van der Waals surface area contributed by atoms with Crippen LogP contribution in [0, 0.1) is 20.0 Å². The molecule has 1 aliphatic rings. The van der Waals surface area contributed by atoms with Gasteiger partial charge in [0.1, 0.15) is 17.3 Å². The summed E-state index contributed by atoms with van der Waals surface area (Å²) in [5.74, 6) is 1.12. The Morgan fingerprint density at radius 3 is 1.76 bits per heavy atom. The van der Waals surface area contributed by atoms with Crippen LogP contribution in [0.4, 0.5) is 0 Å². The first-order chi connectivity index (χ1) is 51.8. The molecule has 3 aromatic heterocycles. The van der Waals surface area contributed by atoms with E-state index in [9.17, 15) is 20.6 Å². The SMILES string of the molecule is [2H]c1c([2H])c([2H])c(-c2c([2H])c(-c3cc4c5c(c3)n(-c3cccc(Oc6ccc7c8ccccc8n(-c8cc(C(C)(C)C)ccn8)c7c6)c3)[c-][n+]5-c3c(-c5c(C([2H])([2H])[2H])cccc5C([2H])([2H])[2H])cccc3-c3c([2H])c([2H])c([2H])c([2H])c3-c3c([2H])c([2H])c([2H])c([2H])c3-4)c([2H])c(-c3c([2H])c([2H])c([2H])c([2H])c3[2H])c2[2H])c([2H])c1[2H]. The fourth-order valence-corrected chi connectivity index (χ4v) is 11.1. The largest absolute Gasteiger partial charge is 0.458 e. The number of rotatable bonds is 8. The molecule has 15 rings (SSSR count). The number of aryl methyl sites for hydroxylation is 2. The Morgan fingerprint density at radius 2 is 1.07 bits per heavy atom. The van der Waals surface area contributed by atoms with Crippen molar-refractivity contribution in [1.29, 1.82) is 0 Å². The molecule has 5 nitrogen and oxygen atoms in total. The van der Waals surface area contributed by atoms with Gasteiger partial charge in [0.15, 0.2) is 0 Å². The molecule has 0 fully saturated rings. The average molecular weight is 1090 g/mol. The summed E-state index contributed by atoms with van der Waals surface area (Å²) in [6.07, 6.45) is 5.15. The van der Waals surface area contributed by atoms with Crippen molar-refractivity contribution in [2.75, 3.05) is 0 Å². The smallest absolute Gasteiger partial charge is 0.269 e. The van der Waals surface area contributed by atoms with E-state index in [0.717, 1.165) is 27.4 Å². The number of imidazole rings is 1. The van der Waals surface area contributed by atoms with Crippen molar-refractivity contribution in [3.05, 3.63) is 283 Å². The van der Waals surface area contributed by atoms with Gasteiger partial charge < -0.3 is 4.74 Å². The van der Waals surface area contributed by atoms with Gasteiger partial charge in [0, 0.05) is 31.3 Å². The maximum atomic E-state index is 10.4. The lowest BCUT2D eigenvalue weighted by Gasteiger charge is -2.20. The zero-order valence-corrected chi connectivity index (χ0v) is 44.4. The van der Waals surface area contributed by atoms with Crippen LogP contribution in [0.25, 0.3) is 128 Å². The van der Waals surface area contributed by atoms with E-state index in [0.29, 0.717) is 11.6 Å². The lowest BCUT2D eigenvalue weighted by Crippen LogP contribution is -2.32. The summed E-state index contributed by atoms with van der Waals surface area (Å²) in [6.45, 7) is 0.107. The van der Waals surface area contributed by atoms with Gasteiger partial charge in [-0.25, -0.2) is 4.98 Å². The molecule has 0 spiro atoms. The summed E-state index contributed by atoms with van der Waals surface area (Å²) >= 11 is 0. The molecule has 14 aromatic rings. The normalized spacial score (nSPS) is 16.8. The zero-order chi connectivity index (χ0) is 79.2. The topological polar surface area (TPSA) is 35.9 Å². The number of benzene rings is 11. The van der Waals surface area contributed by atoms with Crippen molar-refractivity contribution in [2.45, 2.75) is 39.9 Å². The third-order valence-corrected chi connectivity index (χ3v) is 14.8. The Bertz CT molecular complexity index is 6240. The summed E-state index contributed by atoms with van der Waals surface area (Å²) in [4.78, 5) is 4.84. The fraction of sp³-hybridized carbons (Fsp3) is 0.0769. The molecule has 0 aliphatic carbocycles. The Hall–Kier alpha value is -10.4. The highest BCUT2D eigenvalue weighted by Crippen LogP contribution is 2.48. The molecule has 5 heteroatoms. The van der Waals surface area contributed by atoms with E-state index in [1.807, 2.05) is 53.1 Å². The van der Waals surface area contributed by atoms with Gasteiger partial charge in [0.25, 0.3) is 6.33 Å². The fourth-order valence-electron chi connectivity index (χ4n) is 11.1. The van der Waals surface area contributed by atoms with Crippen LogP contribution in [0.1, 0.15) is 74.5 Å². The van der Waals surface area contributed by atoms with Crippen molar-refractivity contribution in [3.63, 3.8) is 0 Å². The van der Waals surface area contributed by atoms with E-state index in [2.05, 4.69) is 27.1 Å². The number of aromatic nitrogens is 4. The molecule has 0 amide bonds. The minimum absolute atomic E-state index is 0.130. The monoisotopic (exact) mass is 1090 g/mol. The van der Waals surface area contributed by atoms with Crippen molar-refractivity contribution >= 4 is 32.8 Å². The number of hydrogen-bond acceptors (Lipinski definition) is 2. The summed E-state index contributed by atoms with van der Waals surface area (Å²) in [6, 6.07) is 15.2. The molecule has 11 aromatic carbocycles. The van der Waals surface area contributed by atoms with E-state index in [-0.39, 0.29) is 61.4 Å². The lowest BCUT2D eigenvalue weighted by molar-refractivity contribution is -0.570. The highest BCUT2D eigenvalue weighted by molar-refractivity contribution is 6.10. The van der Waals surface area contributed by atoms with Crippen LogP contribution < -0.4 is 9.30 Å². The first-order valence-corrected chi connectivity index (χ1v) is 26.4. The van der Waals surface area contributed by atoms with Crippen molar-refractivity contribution in [3.8, 4) is 107 Å². The van der Waals surface area contributed by atoms with Crippen LogP contribution in [0.2, 0.25) is 0 Å². The Labute approximate surface area is 522 Å². The van der Waals surface area contributed by atoms with Crippen molar-refractivity contribution < 1.29 is 46.3 Å². The molecule has 0 bridgehead atoms. The van der Waals surface area contributed by atoms with Gasteiger partial charge in [0.05, 0.1) is 62.2 Å². The Morgan fingerprint density at radius 1 is 0.482 bits per heavy atom. The Kier molecular flexibility index (Phi) is 6.86. The molecule has 396 valence electrons. The van der Waals surface area contributed by atoms with E-state index >= 15 is 0 Å². The summed E-state index contributed by atoms with van der Waals surface area (Å²) in [5.41, 5.74) is -6.42. The van der Waals surface area contributed by atoms with Crippen LogP contribution >= 0.6 is 0 Å². The zero-order valence-electron chi connectivity index (χ0n) is 71.4. The van der Waals surface area contributed by atoms with Crippen LogP contribution in [-0.4, -0.2) is 14.1 Å². The van der Waals surface area contributed by atoms with Crippen LogP contribution in [0.15, 0.2) is 260 Å². The summed E-state index contributed by atoms with van der Waals surface area (Å²) in [7, 11) is 0. The first-order valence-electron chi connectivity index (χ1n) is 39.9. The molecule has 1 aliphatic heterocycles. The molecule has 4 heterocycles. The van der Waals surface area contributed by atoms with Gasteiger partial charge in [-0.2, -0.15) is 0 Å². The maximum absolute atomic E-state index is 10.4. The molecule has 83 heavy (non-hydrogen) atoms. The number of fused-ring (bicyclic) bond motifs is 10. The van der Waals surface area contributed by atoms with Gasteiger partial charge in [-0.05, 0) is 186 Å². The third-order valence-electron chi connectivity index (χ3n) is 14.8. The third kappa shape index (κ3) is 8.55. The Balaban J connectivity index is 1.14. The minimum Gasteiger partial charge on any atom is -0.458 e. The van der Waals surface area contributed by atoms with Crippen molar-refractivity contribution in [1.82, 2.24) is 14.1 Å². The molecule has 0 N–H and O–H groups in total. The van der Waals surface area contributed by atoms with E-state index in [4.69, 9.17) is 26.2 Å². The predicted molar refractivity (Wildman–Crippen MR) is 342 cm³/mol. The summed E-state index contributed by atoms with van der Waals surface area (Å²) < 4.78 is 264. The molecule has 0 saturated heterocycles. The number of para-hydroxylation sites is 2. The number of nitrogens with zero attached hydrogens (tertiary/aromatic N) is 4. The minimum atomic E-state index is -3.10. The van der Waals surface area contributed by atoms with Crippen LogP contribution in [0.3, 0.4) is 0 Å². The number of ether oxygens (including phenoxy) is 1. The first kappa shape index (κ1) is 28.9. The highest BCUT2D eigenvalue weighted by atomic mass is 16.5. The predicted octanol–water partition coefficient (Wildman–Crippen LogP) is 19.9. The molecule has 0 atom stereocenters. The molecular weight excluding hydrogens is 1010 g/mol. The second-order valence-electron chi connectivity index (χ2n) is 20.9. The standard InChI is InChI=1S/C78H58N4O/c1-50-21-18-22-51(2)75(50)69-35-20-34-68-64-31-14-12-29-62(64)63-30-13-15-32-65(63)70-44-57(56-42-54(52-23-8-6-9-24-52)41-55(43-56)53-25-10-7-11-26-53)45-73-77(70)81(76(68)69)49-80(73)59-27-19-28-60(47-59)83-61-37-38-67-66-33-16-17-36-71(66)82(72(67)48-61)74-46-58(39-40-79-74)78(3,4)5/h6-48H,1-5H3/i1D3,2D3,6D,7D,8D,9D,10D,11D,12D,13D,14D,15D,23D,24D,25D,26D,29D,30D,31D,32D,41D,42D,43D. The quantitative estimate of drug-likeness (QED) is 0.112. The van der Waals surface area contributed by atoms with Gasteiger partial charge in [-0.3, -0.25) is 13.7 Å². The van der Waals surface area contributed by atoms with Gasteiger partial charge >= 0.3 is 0 Å². The molecule has 0 radical (unpaired) electrons. The maximum Gasteiger partial charge on any atom is 0.269 e. The molecule has 0 saturated carbocycles. The summed E-state index contributed by atoms with van der Waals surface area (Å²) in [5, 5.41) is 1.79. The van der Waals surface area contributed by atoms with E-state index in [1.165, 1.54) is 57.7 Å². The average Bonchev–Trinajstić information content (AvgIpc) is 1.46. The van der Waals surface area contributed by atoms with E-state index < -0.39 is 202 Å². The van der Waals surface area contributed by atoms with Crippen LogP contribution in [0.5, 0.6) is 11.5 Å². The lowest BCUT2D eigenvalue weighted by atomic mass is 9.86. The van der Waals surface area contributed by atoms with Gasteiger partial charge in [0.2, 0.25) is 0 Å². The number of hydrogen-bond donors (Lipinski definition) is 0. The second kappa shape index (κ2) is 19.7.